The fourth-order valence-electron chi connectivity index (χ4n) is 2.44. The second-order valence-corrected chi connectivity index (χ2v) is 5.69. The van der Waals surface area contributed by atoms with E-state index in [1.54, 1.807) is 30.3 Å². The number of amides is 1. The molecule has 0 aliphatic heterocycles. The predicted molar refractivity (Wildman–Crippen MR) is 106 cm³/mol. The minimum Gasteiger partial charge on any atom is -0.489 e. The minimum absolute atomic E-state index is 0.114. The molecule has 27 heavy (non-hydrogen) atoms. The van der Waals surface area contributed by atoms with Crippen molar-refractivity contribution in [3.63, 3.8) is 0 Å². The summed E-state index contributed by atoms with van der Waals surface area (Å²) in [7, 11) is 0. The molecular weight excluding hydrogens is 342 g/mol. The van der Waals surface area contributed by atoms with Crippen LogP contribution in [-0.2, 0) is 16.0 Å². The van der Waals surface area contributed by atoms with E-state index >= 15 is 0 Å². The van der Waals surface area contributed by atoms with E-state index in [4.69, 9.17) is 9.47 Å². The molecule has 0 radical (unpaired) electrons. The SMILES string of the molecule is C=CCOC(=O)c1ccccc1NC(=O)CCc1ccccc1OCC=C. The Bertz CT molecular complexity index is 813. The van der Waals surface area contributed by atoms with Gasteiger partial charge in [0.05, 0.1) is 11.3 Å². The van der Waals surface area contributed by atoms with Gasteiger partial charge in [0.1, 0.15) is 19.0 Å². The first-order valence-corrected chi connectivity index (χ1v) is 8.64. The van der Waals surface area contributed by atoms with E-state index in [-0.39, 0.29) is 18.9 Å². The molecule has 0 aromatic heterocycles. The maximum Gasteiger partial charge on any atom is 0.340 e. The summed E-state index contributed by atoms with van der Waals surface area (Å²) in [5.41, 5.74) is 1.67. The summed E-state index contributed by atoms with van der Waals surface area (Å²) in [6, 6.07) is 14.3. The molecule has 0 bridgehead atoms. The van der Waals surface area contributed by atoms with Crippen LogP contribution >= 0.6 is 0 Å². The third kappa shape index (κ3) is 6.15. The third-order valence-electron chi connectivity index (χ3n) is 3.70. The highest BCUT2D eigenvalue weighted by Crippen LogP contribution is 2.21. The van der Waals surface area contributed by atoms with E-state index < -0.39 is 5.97 Å². The van der Waals surface area contributed by atoms with Gasteiger partial charge < -0.3 is 14.8 Å². The predicted octanol–water partition coefficient (Wildman–Crippen LogP) is 4.17. The van der Waals surface area contributed by atoms with Gasteiger partial charge in [0, 0.05) is 6.42 Å². The van der Waals surface area contributed by atoms with Gasteiger partial charge in [-0.15, -0.1) is 0 Å². The molecule has 0 atom stereocenters. The summed E-state index contributed by atoms with van der Waals surface area (Å²) in [4.78, 5) is 24.4. The molecule has 1 amide bonds. The third-order valence-corrected chi connectivity index (χ3v) is 3.70. The number of hydrogen-bond acceptors (Lipinski definition) is 4. The van der Waals surface area contributed by atoms with Crippen molar-refractivity contribution in [3.8, 4) is 5.75 Å². The minimum atomic E-state index is -0.506. The van der Waals surface area contributed by atoms with Crippen molar-refractivity contribution < 1.29 is 19.1 Å². The maximum atomic E-state index is 12.4. The highest BCUT2D eigenvalue weighted by atomic mass is 16.5. The molecule has 0 saturated heterocycles. The molecule has 5 heteroatoms. The lowest BCUT2D eigenvalue weighted by Gasteiger charge is -2.12. The van der Waals surface area contributed by atoms with Gasteiger partial charge >= 0.3 is 5.97 Å². The molecule has 0 aliphatic carbocycles. The Morgan fingerprint density at radius 1 is 0.963 bits per heavy atom. The molecule has 0 unspecified atom stereocenters. The first kappa shape index (κ1) is 20.0. The zero-order chi connectivity index (χ0) is 19.5. The average molecular weight is 365 g/mol. The number of carbonyl (C=O) groups excluding carboxylic acids is 2. The second kappa shape index (κ2) is 10.6. The van der Waals surface area contributed by atoms with Crippen LogP contribution in [0.1, 0.15) is 22.3 Å². The lowest BCUT2D eigenvalue weighted by Crippen LogP contribution is -2.16. The van der Waals surface area contributed by atoms with Crippen LogP contribution in [0.4, 0.5) is 5.69 Å². The van der Waals surface area contributed by atoms with Crippen molar-refractivity contribution in [2.24, 2.45) is 0 Å². The lowest BCUT2D eigenvalue weighted by molar-refractivity contribution is -0.116. The van der Waals surface area contributed by atoms with Gasteiger partial charge in [-0.3, -0.25) is 4.79 Å². The van der Waals surface area contributed by atoms with E-state index in [1.165, 1.54) is 6.08 Å². The summed E-state index contributed by atoms with van der Waals surface area (Å²) in [5.74, 6) is 0.0325. The number of anilines is 1. The smallest absolute Gasteiger partial charge is 0.340 e. The maximum absolute atomic E-state index is 12.4. The van der Waals surface area contributed by atoms with E-state index in [0.29, 0.717) is 24.3 Å². The Balaban J connectivity index is 2.00. The zero-order valence-corrected chi connectivity index (χ0v) is 15.1. The highest BCUT2D eigenvalue weighted by Gasteiger charge is 2.14. The lowest BCUT2D eigenvalue weighted by atomic mass is 10.1. The monoisotopic (exact) mass is 365 g/mol. The highest BCUT2D eigenvalue weighted by molar-refractivity contribution is 6.01. The van der Waals surface area contributed by atoms with E-state index in [2.05, 4.69) is 18.5 Å². The van der Waals surface area contributed by atoms with E-state index in [1.807, 2.05) is 24.3 Å². The molecule has 2 rings (SSSR count). The number of aryl methyl sites for hydroxylation is 1. The standard InChI is InChI=1S/C22H23NO4/c1-3-15-26-20-12-8-5-9-17(20)13-14-21(24)23-19-11-7-6-10-18(19)22(25)27-16-4-2/h3-12H,1-2,13-16H2,(H,23,24). The first-order chi connectivity index (χ1) is 13.2. The Morgan fingerprint density at radius 2 is 1.67 bits per heavy atom. The van der Waals surface area contributed by atoms with Gasteiger partial charge in [-0.2, -0.15) is 0 Å². The summed E-state index contributed by atoms with van der Waals surface area (Å²) < 4.78 is 10.7. The van der Waals surface area contributed by atoms with Gasteiger partial charge in [0.2, 0.25) is 5.91 Å². The summed E-state index contributed by atoms with van der Waals surface area (Å²) >= 11 is 0. The average Bonchev–Trinajstić information content (AvgIpc) is 2.70. The van der Waals surface area contributed by atoms with E-state index in [9.17, 15) is 9.59 Å². The molecule has 2 aromatic rings. The molecule has 1 N–H and O–H groups in total. The first-order valence-electron chi connectivity index (χ1n) is 8.64. The van der Waals surface area contributed by atoms with Gasteiger partial charge in [0.15, 0.2) is 0 Å². The van der Waals surface area contributed by atoms with Crippen LogP contribution in [0.5, 0.6) is 5.75 Å². The van der Waals surface area contributed by atoms with Crippen LogP contribution in [0.2, 0.25) is 0 Å². The number of nitrogens with one attached hydrogen (secondary N) is 1. The fraction of sp³-hybridized carbons (Fsp3) is 0.182. The van der Waals surface area contributed by atoms with Crippen molar-refractivity contribution in [1.82, 2.24) is 0 Å². The summed E-state index contributed by atoms with van der Waals surface area (Å²) in [5, 5.41) is 2.78. The fourth-order valence-corrected chi connectivity index (χ4v) is 2.44. The molecule has 2 aromatic carbocycles. The molecule has 140 valence electrons. The number of carbonyl (C=O) groups is 2. The number of para-hydroxylation sites is 2. The van der Waals surface area contributed by atoms with Crippen molar-refractivity contribution in [1.29, 1.82) is 0 Å². The van der Waals surface area contributed by atoms with Gasteiger partial charge in [-0.05, 0) is 30.2 Å². The van der Waals surface area contributed by atoms with Crippen LogP contribution in [0.3, 0.4) is 0 Å². The quantitative estimate of drug-likeness (QED) is 0.507. The number of esters is 1. The van der Waals surface area contributed by atoms with Crippen LogP contribution in [0.25, 0.3) is 0 Å². The van der Waals surface area contributed by atoms with Gasteiger partial charge in [-0.1, -0.05) is 55.6 Å². The Hall–Kier alpha value is -3.34. The summed E-state index contributed by atoms with van der Waals surface area (Å²) in [6.45, 7) is 7.67. The topological polar surface area (TPSA) is 64.6 Å². The molecule has 5 nitrogen and oxygen atoms in total. The van der Waals surface area contributed by atoms with Crippen LogP contribution in [0.15, 0.2) is 73.8 Å². The summed E-state index contributed by atoms with van der Waals surface area (Å²) in [6.07, 6.45) is 3.93. The van der Waals surface area contributed by atoms with Crippen molar-refractivity contribution in [2.45, 2.75) is 12.8 Å². The Labute approximate surface area is 159 Å². The van der Waals surface area contributed by atoms with Gasteiger partial charge in [-0.25, -0.2) is 4.79 Å². The Morgan fingerprint density at radius 3 is 2.44 bits per heavy atom. The molecule has 0 spiro atoms. The molecule has 0 saturated carbocycles. The second-order valence-electron chi connectivity index (χ2n) is 5.69. The molecule has 0 aliphatic rings. The number of benzene rings is 2. The largest absolute Gasteiger partial charge is 0.489 e. The molecule has 0 heterocycles. The van der Waals surface area contributed by atoms with Crippen molar-refractivity contribution >= 4 is 17.6 Å². The van der Waals surface area contributed by atoms with Crippen molar-refractivity contribution in [3.05, 3.63) is 85.0 Å². The van der Waals surface area contributed by atoms with Gasteiger partial charge in [0.25, 0.3) is 0 Å². The number of ether oxygens (including phenoxy) is 2. The zero-order valence-electron chi connectivity index (χ0n) is 15.1. The number of hydrogen-bond donors (Lipinski definition) is 1. The van der Waals surface area contributed by atoms with Crippen LogP contribution < -0.4 is 10.1 Å². The molecule has 0 fully saturated rings. The van der Waals surface area contributed by atoms with E-state index in [0.717, 1.165) is 11.3 Å². The van der Waals surface area contributed by atoms with Crippen LogP contribution in [-0.4, -0.2) is 25.1 Å². The van der Waals surface area contributed by atoms with Crippen molar-refractivity contribution in [2.75, 3.05) is 18.5 Å². The number of rotatable bonds is 10. The van der Waals surface area contributed by atoms with Crippen LogP contribution in [0, 0.1) is 0 Å². The normalized spacial score (nSPS) is 9.93. The molecular formula is C22H23NO4. The Kier molecular flexibility index (Phi) is 7.85.